The number of anilines is 1. The van der Waals surface area contributed by atoms with E-state index in [2.05, 4.69) is 22.3 Å². The van der Waals surface area contributed by atoms with E-state index < -0.39 is 5.60 Å². The maximum absolute atomic E-state index is 12.5. The molecule has 1 aliphatic heterocycles. The van der Waals surface area contributed by atoms with Crippen molar-refractivity contribution in [1.82, 2.24) is 4.90 Å². The van der Waals surface area contributed by atoms with Crippen LogP contribution < -0.4 is 5.32 Å². The van der Waals surface area contributed by atoms with E-state index in [4.69, 9.17) is 0 Å². The molecule has 1 heterocycles. The Hall–Kier alpha value is -2.17. The number of hydrogen-bond acceptors (Lipinski definition) is 3. The number of aliphatic hydroxyl groups is 1. The SMILES string of the molecule is Cc1ccccc1NC(=O)c1ccc(CN2CCC(CC(C)(C)O)CC2)cc1. The smallest absolute Gasteiger partial charge is 0.255 e. The number of amides is 1. The minimum atomic E-state index is -0.568. The first-order chi connectivity index (χ1) is 13.3. The highest BCUT2D eigenvalue weighted by Crippen LogP contribution is 2.27. The fraction of sp³-hybridized carbons (Fsp3) is 0.458. The van der Waals surface area contributed by atoms with Gasteiger partial charge in [-0.3, -0.25) is 9.69 Å². The molecule has 1 saturated heterocycles. The predicted molar refractivity (Wildman–Crippen MR) is 114 cm³/mol. The van der Waals surface area contributed by atoms with Crippen molar-refractivity contribution in [2.24, 2.45) is 5.92 Å². The van der Waals surface area contributed by atoms with Gasteiger partial charge in [-0.1, -0.05) is 30.3 Å². The van der Waals surface area contributed by atoms with Gasteiger partial charge in [-0.25, -0.2) is 0 Å². The Balaban J connectivity index is 1.51. The quantitative estimate of drug-likeness (QED) is 0.769. The van der Waals surface area contributed by atoms with Gasteiger partial charge in [0.05, 0.1) is 5.60 Å². The monoisotopic (exact) mass is 380 g/mol. The number of piperidine rings is 1. The first-order valence-corrected chi connectivity index (χ1v) is 10.2. The van der Waals surface area contributed by atoms with E-state index in [0.717, 1.165) is 50.1 Å². The van der Waals surface area contributed by atoms with Gasteiger partial charge >= 0.3 is 0 Å². The van der Waals surface area contributed by atoms with Gasteiger partial charge in [0, 0.05) is 17.8 Å². The second-order valence-corrected chi connectivity index (χ2v) is 8.70. The number of hydrogen-bond donors (Lipinski definition) is 2. The van der Waals surface area contributed by atoms with E-state index in [1.165, 1.54) is 5.56 Å². The molecule has 2 N–H and O–H groups in total. The third-order valence-electron chi connectivity index (χ3n) is 5.51. The lowest BCUT2D eigenvalue weighted by Crippen LogP contribution is -2.35. The molecule has 4 heteroatoms. The van der Waals surface area contributed by atoms with Gasteiger partial charge in [-0.15, -0.1) is 0 Å². The fourth-order valence-corrected chi connectivity index (χ4v) is 3.98. The maximum atomic E-state index is 12.5. The molecule has 1 fully saturated rings. The maximum Gasteiger partial charge on any atom is 0.255 e. The number of carbonyl (C=O) groups excluding carboxylic acids is 1. The average Bonchev–Trinajstić information content (AvgIpc) is 2.64. The molecule has 150 valence electrons. The van der Waals surface area contributed by atoms with E-state index in [1.54, 1.807) is 0 Å². The number of nitrogens with one attached hydrogen (secondary N) is 1. The Morgan fingerprint density at radius 1 is 1.11 bits per heavy atom. The third-order valence-corrected chi connectivity index (χ3v) is 5.51. The summed E-state index contributed by atoms with van der Waals surface area (Å²) in [5.41, 5.74) is 3.25. The molecule has 2 aromatic carbocycles. The molecule has 0 spiro atoms. The van der Waals surface area contributed by atoms with E-state index in [-0.39, 0.29) is 5.91 Å². The summed E-state index contributed by atoms with van der Waals surface area (Å²) in [7, 11) is 0. The highest BCUT2D eigenvalue weighted by Gasteiger charge is 2.24. The summed E-state index contributed by atoms with van der Waals surface area (Å²) in [6, 6.07) is 15.7. The Morgan fingerprint density at radius 3 is 2.36 bits per heavy atom. The zero-order valence-electron chi connectivity index (χ0n) is 17.2. The van der Waals surface area contributed by atoms with Crippen LogP contribution in [0.4, 0.5) is 5.69 Å². The van der Waals surface area contributed by atoms with Gasteiger partial charge < -0.3 is 10.4 Å². The molecule has 0 saturated carbocycles. The molecule has 0 aromatic heterocycles. The first-order valence-electron chi connectivity index (χ1n) is 10.2. The van der Waals surface area contributed by atoms with Crippen LogP contribution in [-0.4, -0.2) is 34.6 Å². The number of likely N-dealkylation sites (tertiary alicyclic amines) is 1. The molecule has 0 unspecified atom stereocenters. The van der Waals surface area contributed by atoms with Crippen LogP contribution in [0.3, 0.4) is 0 Å². The topological polar surface area (TPSA) is 52.6 Å². The summed E-state index contributed by atoms with van der Waals surface area (Å²) in [6.45, 7) is 8.83. The molecular formula is C24H32N2O2. The molecule has 28 heavy (non-hydrogen) atoms. The zero-order chi connectivity index (χ0) is 20.1. The fourth-order valence-electron chi connectivity index (χ4n) is 3.98. The molecule has 0 atom stereocenters. The minimum absolute atomic E-state index is 0.0757. The van der Waals surface area contributed by atoms with Crippen molar-refractivity contribution in [3.8, 4) is 0 Å². The Labute approximate surface area is 168 Å². The zero-order valence-corrected chi connectivity index (χ0v) is 17.2. The summed E-state index contributed by atoms with van der Waals surface area (Å²) >= 11 is 0. The van der Waals surface area contributed by atoms with Crippen molar-refractivity contribution >= 4 is 11.6 Å². The van der Waals surface area contributed by atoms with Gasteiger partial charge in [0.15, 0.2) is 0 Å². The third kappa shape index (κ3) is 5.91. The van der Waals surface area contributed by atoms with Gasteiger partial charge in [-0.2, -0.15) is 0 Å². The lowest BCUT2D eigenvalue weighted by molar-refractivity contribution is 0.0368. The second-order valence-electron chi connectivity index (χ2n) is 8.70. The molecule has 0 bridgehead atoms. The highest BCUT2D eigenvalue weighted by molar-refractivity contribution is 6.04. The first kappa shape index (κ1) is 20.6. The Kier molecular flexibility index (Phi) is 6.53. The van der Waals surface area contributed by atoms with Crippen LogP contribution in [0.2, 0.25) is 0 Å². The van der Waals surface area contributed by atoms with Crippen molar-refractivity contribution in [2.45, 2.75) is 52.2 Å². The van der Waals surface area contributed by atoms with E-state index >= 15 is 0 Å². The summed E-state index contributed by atoms with van der Waals surface area (Å²) in [6.07, 6.45) is 3.16. The van der Waals surface area contributed by atoms with Crippen LogP contribution in [0.1, 0.15) is 54.6 Å². The number of aryl methyl sites for hydroxylation is 1. The Bertz CT molecular complexity index is 785. The van der Waals surface area contributed by atoms with Gasteiger partial charge in [0.2, 0.25) is 0 Å². The van der Waals surface area contributed by atoms with E-state index in [0.29, 0.717) is 11.5 Å². The van der Waals surface area contributed by atoms with Crippen molar-refractivity contribution < 1.29 is 9.90 Å². The largest absolute Gasteiger partial charge is 0.390 e. The van der Waals surface area contributed by atoms with Crippen molar-refractivity contribution in [3.63, 3.8) is 0 Å². The van der Waals surface area contributed by atoms with Crippen LogP contribution in [0.5, 0.6) is 0 Å². The molecule has 0 radical (unpaired) electrons. The highest BCUT2D eigenvalue weighted by atomic mass is 16.3. The average molecular weight is 381 g/mol. The molecule has 4 nitrogen and oxygen atoms in total. The van der Waals surface area contributed by atoms with Gasteiger partial charge in [-0.05, 0) is 88.4 Å². The standard InChI is InChI=1S/C24H32N2O2/c1-18-6-4-5-7-22(18)25-23(27)21-10-8-20(9-11-21)17-26-14-12-19(13-15-26)16-24(2,3)28/h4-11,19,28H,12-17H2,1-3H3,(H,25,27). The number of rotatable bonds is 6. The van der Waals surface area contributed by atoms with E-state index in [9.17, 15) is 9.90 Å². The molecule has 1 aliphatic rings. The lowest BCUT2D eigenvalue weighted by atomic mass is 9.86. The Morgan fingerprint density at radius 2 is 1.75 bits per heavy atom. The van der Waals surface area contributed by atoms with Gasteiger partial charge in [0.1, 0.15) is 0 Å². The van der Waals surface area contributed by atoms with E-state index in [1.807, 2.05) is 57.2 Å². The summed E-state index contributed by atoms with van der Waals surface area (Å²) in [4.78, 5) is 14.9. The summed E-state index contributed by atoms with van der Waals surface area (Å²) < 4.78 is 0. The van der Waals surface area contributed by atoms with Crippen LogP contribution in [0.25, 0.3) is 0 Å². The number of para-hydroxylation sites is 1. The van der Waals surface area contributed by atoms with Gasteiger partial charge in [0.25, 0.3) is 5.91 Å². The lowest BCUT2D eigenvalue weighted by Gasteiger charge is -2.34. The molecular weight excluding hydrogens is 348 g/mol. The molecule has 2 aromatic rings. The second kappa shape index (κ2) is 8.89. The summed E-state index contributed by atoms with van der Waals surface area (Å²) in [5, 5.41) is 13.0. The van der Waals surface area contributed by atoms with Crippen molar-refractivity contribution in [3.05, 3.63) is 65.2 Å². The minimum Gasteiger partial charge on any atom is -0.390 e. The molecule has 1 amide bonds. The number of benzene rings is 2. The predicted octanol–water partition coefficient (Wildman–Crippen LogP) is 4.62. The number of nitrogens with zero attached hydrogens (tertiary/aromatic N) is 1. The van der Waals surface area contributed by atoms with Crippen LogP contribution in [-0.2, 0) is 6.54 Å². The normalized spacial score (nSPS) is 16.1. The molecule has 3 rings (SSSR count). The van der Waals surface area contributed by atoms with Crippen LogP contribution >= 0.6 is 0 Å². The number of carbonyl (C=O) groups is 1. The molecule has 0 aliphatic carbocycles. The van der Waals surface area contributed by atoms with Crippen molar-refractivity contribution in [2.75, 3.05) is 18.4 Å². The van der Waals surface area contributed by atoms with Crippen LogP contribution in [0.15, 0.2) is 48.5 Å². The summed E-state index contributed by atoms with van der Waals surface area (Å²) in [5.74, 6) is 0.539. The van der Waals surface area contributed by atoms with Crippen molar-refractivity contribution in [1.29, 1.82) is 0 Å². The van der Waals surface area contributed by atoms with Crippen LogP contribution in [0, 0.1) is 12.8 Å².